The maximum atomic E-state index is 10.5. The number of nitrogens with one attached hydrogen (secondary N) is 1. The highest BCUT2D eigenvalue weighted by molar-refractivity contribution is 7.89. The molecule has 0 aliphatic heterocycles. The molecule has 0 aliphatic rings. The van der Waals surface area contributed by atoms with Crippen LogP contribution in [0, 0.1) is 0 Å². The summed E-state index contributed by atoms with van der Waals surface area (Å²) < 4.78 is 26.1. The number of rotatable bonds is 6. The Morgan fingerprint density at radius 2 is 2.36 bits per heavy atom. The predicted octanol–water partition coefficient (Wildman–Crippen LogP) is -0.557. The van der Waals surface area contributed by atoms with Gasteiger partial charge in [-0.15, -0.1) is 0 Å². The third kappa shape index (κ3) is 4.95. The Labute approximate surface area is 82.6 Å². The molecule has 0 atom stereocenters. The van der Waals surface area contributed by atoms with Crippen LogP contribution < -0.4 is 10.5 Å². The molecule has 0 amide bonds. The zero-order valence-electron chi connectivity index (χ0n) is 7.64. The van der Waals surface area contributed by atoms with Gasteiger partial charge in [-0.2, -0.15) is 0 Å². The molecule has 1 aromatic rings. The van der Waals surface area contributed by atoms with Crippen LogP contribution in [0.1, 0.15) is 12.2 Å². The van der Waals surface area contributed by atoms with Crippen LogP contribution >= 0.6 is 0 Å². The molecule has 80 valence electrons. The van der Waals surface area contributed by atoms with Gasteiger partial charge in [-0.3, -0.25) is 0 Å². The molecule has 7 heteroatoms. The molecule has 14 heavy (non-hydrogen) atoms. The van der Waals surface area contributed by atoms with Crippen molar-refractivity contribution in [3.63, 3.8) is 0 Å². The average molecular weight is 219 g/mol. The lowest BCUT2D eigenvalue weighted by atomic mass is 10.4. The van der Waals surface area contributed by atoms with Crippen molar-refractivity contribution in [2.24, 2.45) is 5.14 Å². The van der Waals surface area contributed by atoms with E-state index in [0.29, 0.717) is 19.5 Å². The van der Waals surface area contributed by atoms with E-state index < -0.39 is 10.0 Å². The van der Waals surface area contributed by atoms with Gasteiger partial charge in [-0.1, -0.05) is 0 Å². The first-order chi connectivity index (χ1) is 6.58. The van der Waals surface area contributed by atoms with Crippen molar-refractivity contribution < 1.29 is 12.8 Å². The number of aromatic nitrogens is 1. The molecule has 1 heterocycles. The SMILES string of the molecule is NS(=O)(=O)CCCNCc1cnco1. The van der Waals surface area contributed by atoms with Crippen molar-refractivity contribution in [2.75, 3.05) is 12.3 Å². The number of primary sulfonamides is 1. The summed E-state index contributed by atoms with van der Waals surface area (Å²) in [6.45, 7) is 1.13. The Morgan fingerprint density at radius 1 is 1.57 bits per heavy atom. The summed E-state index contributed by atoms with van der Waals surface area (Å²) in [5.41, 5.74) is 0. The number of sulfonamides is 1. The molecule has 0 bridgehead atoms. The minimum absolute atomic E-state index is 0.00357. The molecule has 0 aromatic carbocycles. The topological polar surface area (TPSA) is 98.2 Å². The zero-order valence-corrected chi connectivity index (χ0v) is 8.46. The van der Waals surface area contributed by atoms with Gasteiger partial charge in [0.05, 0.1) is 18.5 Å². The van der Waals surface area contributed by atoms with Crippen molar-refractivity contribution in [3.05, 3.63) is 18.4 Å². The summed E-state index contributed by atoms with van der Waals surface area (Å²) in [5, 5.41) is 7.83. The third-order valence-corrected chi connectivity index (χ3v) is 2.42. The second-order valence-corrected chi connectivity index (χ2v) is 4.60. The second-order valence-electron chi connectivity index (χ2n) is 2.87. The predicted molar refractivity (Wildman–Crippen MR) is 50.8 cm³/mol. The standard InChI is InChI=1S/C7H13N3O3S/c8-14(11,12)3-1-2-9-4-7-5-10-6-13-7/h5-6,9H,1-4H2,(H2,8,11,12). The summed E-state index contributed by atoms with van der Waals surface area (Å²) in [5.74, 6) is 0.719. The second kappa shape index (κ2) is 5.08. The lowest BCUT2D eigenvalue weighted by Crippen LogP contribution is -2.21. The van der Waals surface area contributed by atoms with Gasteiger partial charge in [0.15, 0.2) is 6.39 Å². The van der Waals surface area contributed by atoms with E-state index in [2.05, 4.69) is 10.3 Å². The quantitative estimate of drug-likeness (QED) is 0.625. The van der Waals surface area contributed by atoms with Crippen molar-refractivity contribution in [1.29, 1.82) is 0 Å². The van der Waals surface area contributed by atoms with Crippen LogP contribution in [0.25, 0.3) is 0 Å². The number of hydrogen-bond acceptors (Lipinski definition) is 5. The highest BCUT2D eigenvalue weighted by atomic mass is 32.2. The van der Waals surface area contributed by atoms with E-state index in [4.69, 9.17) is 9.56 Å². The molecule has 0 saturated heterocycles. The summed E-state index contributed by atoms with van der Waals surface area (Å²) in [6.07, 6.45) is 3.45. The fourth-order valence-electron chi connectivity index (χ4n) is 0.939. The van der Waals surface area contributed by atoms with Crippen LogP contribution in [-0.4, -0.2) is 25.7 Å². The van der Waals surface area contributed by atoms with E-state index in [1.54, 1.807) is 6.20 Å². The lowest BCUT2D eigenvalue weighted by molar-refractivity contribution is 0.479. The number of nitrogens with two attached hydrogens (primary N) is 1. The fourth-order valence-corrected chi connectivity index (χ4v) is 1.49. The normalized spacial score (nSPS) is 11.8. The first-order valence-electron chi connectivity index (χ1n) is 4.16. The van der Waals surface area contributed by atoms with Gasteiger partial charge in [0.2, 0.25) is 10.0 Å². The van der Waals surface area contributed by atoms with Crippen LogP contribution in [0.4, 0.5) is 0 Å². The van der Waals surface area contributed by atoms with Crippen molar-refractivity contribution in [3.8, 4) is 0 Å². The van der Waals surface area contributed by atoms with Gasteiger partial charge in [0.25, 0.3) is 0 Å². The molecular weight excluding hydrogens is 206 g/mol. The third-order valence-electron chi connectivity index (χ3n) is 1.57. The molecule has 0 unspecified atom stereocenters. The maximum Gasteiger partial charge on any atom is 0.209 e. The van der Waals surface area contributed by atoms with Crippen LogP contribution in [0.5, 0.6) is 0 Å². The highest BCUT2D eigenvalue weighted by Crippen LogP contribution is 1.94. The maximum absolute atomic E-state index is 10.5. The monoisotopic (exact) mass is 219 g/mol. The molecule has 6 nitrogen and oxygen atoms in total. The van der Waals surface area contributed by atoms with Gasteiger partial charge in [0.1, 0.15) is 5.76 Å². The highest BCUT2D eigenvalue weighted by Gasteiger charge is 2.01. The number of hydrogen-bond donors (Lipinski definition) is 2. The van der Waals surface area contributed by atoms with Gasteiger partial charge >= 0.3 is 0 Å². The molecule has 0 fully saturated rings. The Balaban J connectivity index is 2.06. The van der Waals surface area contributed by atoms with Crippen molar-refractivity contribution >= 4 is 10.0 Å². The Hall–Kier alpha value is -0.920. The van der Waals surface area contributed by atoms with E-state index >= 15 is 0 Å². The molecular formula is C7H13N3O3S. The van der Waals surface area contributed by atoms with Crippen LogP contribution in [0.3, 0.4) is 0 Å². The summed E-state index contributed by atoms with van der Waals surface area (Å²) in [4.78, 5) is 3.74. The molecule has 3 N–H and O–H groups in total. The molecule has 0 spiro atoms. The van der Waals surface area contributed by atoms with Crippen LogP contribution in [0.2, 0.25) is 0 Å². The minimum Gasteiger partial charge on any atom is -0.447 e. The molecule has 1 rings (SSSR count). The van der Waals surface area contributed by atoms with E-state index in [-0.39, 0.29) is 5.75 Å². The van der Waals surface area contributed by atoms with Gasteiger partial charge in [-0.25, -0.2) is 18.5 Å². The fraction of sp³-hybridized carbons (Fsp3) is 0.571. The summed E-state index contributed by atoms with van der Waals surface area (Å²) in [7, 11) is -3.33. The largest absolute Gasteiger partial charge is 0.447 e. The molecule has 0 aliphatic carbocycles. The summed E-state index contributed by atoms with van der Waals surface area (Å²) in [6, 6.07) is 0. The first kappa shape index (κ1) is 11.2. The van der Waals surface area contributed by atoms with E-state index in [1.807, 2.05) is 0 Å². The molecule has 0 radical (unpaired) electrons. The van der Waals surface area contributed by atoms with E-state index in [9.17, 15) is 8.42 Å². The van der Waals surface area contributed by atoms with Crippen molar-refractivity contribution in [1.82, 2.24) is 10.3 Å². The van der Waals surface area contributed by atoms with Gasteiger partial charge < -0.3 is 9.73 Å². The molecule has 1 aromatic heterocycles. The smallest absolute Gasteiger partial charge is 0.209 e. The lowest BCUT2D eigenvalue weighted by Gasteiger charge is -2.00. The Bertz CT molecular complexity index is 346. The van der Waals surface area contributed by atoms with Crippen LogP contribution in [0.15, 0.2) is 17.0 Å². The summed E-state index contributed by atoms with van der Waals surface area (Å²) >= 11 is 0. The number of oxazole rings is 1. The van der Waals surface area contributed by atoms with E-state index in [0.717, 1.165) is 5.76 Å². The Morgan fingerprint density at radius 3 is 2.93 bits per heavy atom. The van der Waals surface area contributed by atoms with Crippen LogP contribution in [-0.2, 0) is 16.6 Å². The molecule has 0 saturated carbocycles. The van der Waals surface area contributed by atoms with Gasteiger partial charge in [0, 0.05) is 0 Å². The van der Waals surface area contributed by atoms with Crippen molar-refractivity contribution in [2.45, 2.75) is 13.0 Å². The van der Waals surface area contributed by atoms with E-state index in [1.165, 1.54) is 6.39 Å². The average Bonchev–Trinajstić information content (AvgIpc) is 2.54. The van der Waals surface area contributed by atoms with Gasteiger partial charge in [-0.05, 0) is 13.0 Å². The first-order valence-corrected chi connectivity index (χ1v) is 5.88. The zero-order chi connectivity index (χ0) is 10.4. The minimum atomic E-state index is -3.33. The number of nitrogens with zero attached hydrogens (tertiary/aromatic N) is 1. The Kier molecular flexibility index (Phi) is 4.05.